The van der Waals surface area contributed by atoms with Crippen LogP contribution in [0, 0.1) is 11.3 Å². The van der Waals surface area contributed by atoms with Crippen molar-refractivity contribution in [2.75, 3.05) is 11.9 Å². The van der Waals surface area contributed by atoms with Crippen molar-refractivity contribution in [1.29, 1.82) is 5.26 Å². The van der Waals surface area contributed by atoms with Gasteiger partial charge in [-0.3, -0.25) is 0 Å². The van der Waals surface area contributed by atoms with E-state index in [2.05, 4.69) is 23.3 Å². The van der Waals surface area contributed by atoms with Crippen LogP contribution >= 0.6 is 12.2 Å². The zero-order valence-corrected chi connectivity index (χ0v) is 9.68. The molecule has 0 saturated heterocycles. The van der Waals surface area contributed by atoms with E-state index in [0.717, 1.165) is 11.3 Å². The number of nitriles is 1. The molecule has 0 aliphatic carbocycles. The highest BCUT2D eigenvalue weighted by atomic mass is 32.1. The highest BCUT2D eigenvalue weighted by Gasteiger charge is 1.96. The highest BCUT2D eigenvalue weighted by molar-refractivity contribution is 7.80. The van der Waals surface area contributed by atoms with Gasteiger partial charge in [0.25, 0.3) is 0 Å². The first-order valence-electron chi connectivity index (χ1n) is 4.88. The summed E-state index contributed by atoms with van der Waals surface area (Å²) in [5, 5.41) is 15.1. The van der Waals surface area contributed by atoms with E-state index in [1.165, 1.54) is 0 Å². The van der Waals surface area contributed by atoms with E-state index in [0.29, 0.717) is 18.1 Å². The van der Waals surface area contributed by atoms with E-state index in [4.69, 9.17) is 17.5 Å². The van der Waals surface area contributed by atoms with Crippen LogP contribution in [0.1, 0.15) is 5.56 Å². The minimum Gasteiger partial charge on any atom is -0.359 e. The summed E-state index contributed by atoms with van der Waals surface area (Å²) in [6, 6.07) is 9.71. The van der Waals surface area contributed by atoms with Gasteiger partial charge in [-0.25, -0.2) is 0 Å². The molecular formula is C12H13N3S. The molecule has 1 aromatic carbocycles. The molecule has 1 aromatic rings. The third-order valence-electron chi connectivity index (χ3n) is 1.90. The topological polar surface area (TPSA) is 47.8 Å². The minimum atomic E-state index is 0.430. The number of nitrogens with zero attached hydrogens (tertiary/aromatic N) is 1. The van der Waals surface area contributed by atoms with Crippen LogP contribution in [0.3, 0.4) is 0 Å². The summed E-state index contributed by atoms with van der Waals surface area (Å²) in [6.45, 7) is 4.23. The maximum atomic E-state index is 8.53. The van der Waals surface area contributed by atoms with Crippen LogP contribution in [0.4, 0.5) is 5.69 Å². The van der Waals surface area contributed by atoms with Crippen LogP contribution in [0.5, 0.6) is 0 Å². The number of benzene rings is 1. The molecule has 0 saturated carbocycles. The molecule has 0 unspecified atom stereocenters. The van der Waals surface area contributed by atoms with Crippen molar-refractivity contribution in [3.05, 3.63) is 42.5 Å². The summed E-state index contributed by atoms with van der Waals surface area (Å²) >= 11 is 5.06. The van der Waals surface area contributed by atoms with Crippen molar-refractivity contribution in [3.8, 4) is 6.07 Å². The van der Waals surface area contributed by atoms with Gasteiger partial charge in [0.1, 0.15) is 0 Å². The molecule has 0 aliphatic heterocycles. The van der Waals surface area contributed by atoms with Crippen LogP contribution in [-0.4, -0.2) is 11.7 Å². The van der Waals surface area contributed by atoms with Crippen molar-refractivity contribution in [2.24, 2.45) is 0 Å². The molecule has 0 aliphatic rings. The Morgan fingerprint density at radius 2 is 2.12 bits per heavy atom. The fourth-order valence-corrected chi connectivity index (χ4v) is 1.34. The van der Waals surface area contributed by atoms with Gasteiger partial charge in [-0.2, -0.15) is 5.26 Å². The zero-order chi connectivity index (χ0) is 11.8. The normalized spacial score (nSPS) is 8.94. The second kappa shape index (κ2) is 6.59. The Labute approximate surface area is 101 Å². The molecule has 82 valence electrons. The smallest absolute Gasteiger partial charge is 0.171 e. The summed E-state index contributed by atoms with van der Waals surface area (Å²) < 4.78 is 0. The molecule has 1 rings (SSSR count). The van der Waals surface area contributed by atoms with Crippen LogP contribution in [0.25, 0.3) is 0 Å². The van der Waals surface area contributed by atoms with Gasteiger partial charge in [-0.1, -0.05) is 18.2 Å². The highest BCUT2D eigenvalue weighted by Crippen LogP contribution is 2.09. The molecule has 0 amide bonds. The monoisotopic (exact) mass is 231 g/mol. The summed E-state index contributed by atoms with van der Waals surface area (Å²) in [5.41, 5.74) is 1.90. The molecule has 3 nitrogen and oxygen atoms in total. The van der Waals surface area contributed by atoms with E-state index in [-0.39, 0.29) is 0 Å². The molecular weight excluding hydrogens is 218 g/mol. The van der Waals surface area contributed by atoms with Crippen LogP contribution < -0.4 is 10.6 Å². The Morgan fingerprint density at radius 3 is 2.69 bits per heavy atom. The molecule has 0 spiro atoms. The predicted molar refractivity (Wildman–Crippen MR) is 70.2 cm³/mol. The summed E-state index contributed by atoms with van der Waals surface area (Å²) in [4.78, 5) is 0. The van der Waals surface area contributed by atoms with Gasteiger partial charge >= 0.3 is 0 Å². The van der Waals surface area contributed by atoms with E-state index in [1.54, 1.807) is 6.08 Å². The van der Waals surface area contributed by atoms with E-state index in [1.807, 2.05) is 24.3 Å². The number of hydrogen-bond acceptors (Lipinski definition) is 2. The molecule has 0 heterocycles. The Morgan fingerprint density at radius 1 is 1.44 bits per heavy atom. The van der Waals surface area contributed by atoms with Crippen LogP contribution in [-0.2, 0) is 6.42 Å². The lowest BCUT2D eigenvalue weighted by Crippen LogP contribution is -2.28. The summed E-state index contributed by atoms with van der Waals surface area (Å²) in [6.07, 6.45) is 2.17. The molecule has 0 aromatic heterocycles. The number of nitrogens with one attached hydrogen (secondary N) is 2. The predicted octanol–water partition coefficient (Wildman–Crippen LogP) is 2.23. The van der Waals surface area contributed by atoms with Crippen LogP contribution in [0.2, 0.25) is 0 Å². The van der Waals surface area contributed by atoms with Crippen molar-refractivity contribution in [1.82, 2.24) is 5.32 Å². The van der Waals surface area contributed by atoms with Crippen molar-refractivity contribution in [3.63, 3.8) is 0 Å². The van der Waals surface area contributed by atoms with Gasteiger partial charge in [0.2, 0.25) is 0 Å². The molecule has 16 heavy (non-hydrogen) atoms. The van der Waals surface area contributed by atoms with Crippen LogP contribution in [0.15, 0.2) is 36.9 Å². The maximum Gasteiger partial charge on any atom is 0.171 e. The third kappa shape index (κ3) is 4.11. The van der Waals surface area contributed by atoms with Crippen molar-refractivity contribution in [2.45, 2.75) is 6.42 Å². The van der Waals surface area contributed by atoms with E-state index >= 15 is 0 Å². The molecule has 4 heteroatoms. The largest absolute Gasteiger partial charge is 0.359 e. The van der Waals surface area contributed by atoms with E-state index < -0.39 is 0 Å². The van der Waals surface area contributed by atoms with Gasteiger partial charge in [-0.05, 0) is 29.9 Å². The Bertz CT molecular complexity index is 403. The van der Waals surface area contributed by atoms with Gasteiger partial charge in [0, 0.05) is 12.2 Å². The lowest BCUT2D eigenvalue weighted by Gasteiger charge is -2.08. The molecule has 0 bridgehead atoms. The Hall–Kier alpha value is -1.86. The van der Waals surface area contributed by atoms with Crippen molar-refractivity contribution < 1.29 is 0 Å². The third-order valence-corrected chi connectivity index (χ3v) is 2.15. The van der Waals surface area contributed by atoms with Gasteiger partial charge < -0.3 is 10.6 Å². The minimum absolute atomic E-state index is 0.430. The first kappa shape index (κ1) is 12.2. The number of rotatable bonds is 4. The van der Waals surface area contributed by atoms with Gasteiger partial charge in [0.05, 0.1) is 12.5 Å². The number of thiocarbonyl (C=S) groups is 1. The first-order valence-corrected chi connectivity index (χ1v) is 5.28. The second-order valence-corrected chi connectivity index (χ2v) is 3.56. The number of hydrogen-bond donors (Lipinski definition) is 2. The summed E-state index contributed by atoms with van der Waals surface area (Å²) in [5.74, 6) is 0. The fourth-order valence-electron chi connectivity index (χ4n) is 1.14. The fraction of sp³-hybridized carbons (Fsp3) is 0.167. The standard InChI is InChI=1S/C12H13N3S/c1-2-9-14-12(16)15-11-5-3-10(4-6-11)7-8-13/h2-6H,1,7,9H2,(H2,14,15,16). The molecule has 0 atom stereocenters. The second-order valence-electron chi connectivity index (χ2n) is 3.16. The SMILES string of the molecule is C=CCNC(=S)Nc1ccc(CC#N)cc1. The average molecular weight is 231 g/mol. The lowest BCUT2D eigenvalue weighted by atomic mass is 10.1. The Balaban J connectivity index is 2.52. The van der Waals surface area contributed by atoms with Gasteiger partial charge in [0.15, 0.2) is 5.11 Å². The Kier molecular flexibility index (Phi) is 5.03. The number of anilines is 1. The molecule has 2 N–H and O–H groups in total. The van der Waals surface area contributed by atoms with Gasteiger partial charge in [-0.15, -0.1) is 6.58 Å². The van der Waals surface area contributed by atoms with Crippen molar-refractivity contribution >= 4 is 23.0 Å². The summed E-state index contributed by atoms with van der Waals surface area (Å²) in [7, 11) is 0. The first-order chi connectivity index (χ1) is 7.76. The lowest BCUT2D eigenvalue weighted by molar-refractivity contribution is 1.06. The molecule has 0 radical (unpaired) electrons. The quantitative estimate of drug-likeness (QED) is 0.616. The maximum absolute atomic E-state index is 8.53. The molecule has 0 fully saturated rings. The zero-order valence-electron chi connectivity index (χ0n) is 8.86. The average Bonchev–Trinajstić information content (AvgIpc) is 2.29. The van der Waals surface area contributed by atoms with E-state index in [9.17, 15) is 0 Å².